The SMILES string of the molecule is CC1CC(CO)CC(C)C1O. The van der Waals surface area contributed by atoms with Gasteiger partial charge in [0.25, 0.3) is 0 Å². The van der Waals surface area contributed by atoms with E-state index < -0.39 is 0 Å². The summed E-state index contributed by atoms with van der Waals surface area (Å²) in [6.45, 7) is 4.40. The van der Waals surface area contributed by atoms with Crippen molar-refractivity contribution in [3.05, 3.63) is 0 Å². The first kappa shape index (κ1) is 9.01. The summed E-state index contributed by atoms with van der Waals surface area (Å²) in [6.07, 6.45) is 1.79. The van der Waals surface area contributed by atoms with Gasteiger partial charge in [-0.1, -0.05) is 13.8 Å². The van der Waals surface area contributed by atoms with Gasteiger partial charge in [-0.15, -0.1) is 0 Å². The summed E-state index contributed by atoms with van der Waals surface area (Å²) in [5.41, 5.74) is 0. The molecule has 1 rings (SSSR count). The minimum Gasteiger partial charge on any atom is -0.396 e. The third-order valence-electron chi connectivity index (χ3n) is 2.83. The Morgan fingerprint density at radius 2 is 1.64 bits per heavy atom. The molecule has 0 bridgehead atoms. The summed E-state index contributed by atoms with van der Waals surface area (Å²) in [7, 11) is 0. The van der Waals surface area contributed by atoms with Gasteiger partial charge in [0.2, 0.25) is 0 Å². The van der Waals surface area contributed by atoms with Crippen LogP contribution < -0.4 is 0 Å². The Labute approximate surface area is 68.2 Å². The van der Waals surface area contributed by atoms with E-state index >= 15 is 0 Å². The van der Waals surface area contributed by atoms with E-state index in [0.29, 0.717) is 17.8 Å². The summed E-state index contributed by atoms with van der Waals surface area (Å²) >= 11 is 0. The normalized spacial score (nSPS) is 45.8. The summed E-state index contributed by atoms with van der Waals surface area (Å²) in [6, 6.07) is 0. The summed E-state index contributed by atoms with van der Waals surface area (Å²) in [4.78, 5) is 0. The van der Waals surface area contributed by atoms with Crippen molar-refractivity contribution in [2.24, 2.45) is 17.8 Å². The highest BCUT2D eigenvalue weighted by Crippen LogP contribution is 2.32. The highest BCUT2D eigenvalue weighted by molar-refractivity contribution is 4.81. The molecule has 0 spiro atoms. The third-order valence-corrected chi connectivity index (χ3v) is 2.83. The first-order chi connectivity index (χ1) is 5.15. The minimum atomic E-state index is -0.155. The Bertz CT molecular complexity index is 113. The molecule has 2 heteroatoms. The largest absolute Gasteiger partial charge is 0.396 e. The van der Waals surface area contributed by atoms with Crippen molar-refractivity contribution < 1.29 is 10.2 Å². The van der Waals surface area contributed by atoms with Gasteiger partial charge in [0.1, 0.15) is 0 Å². The van der Waals surface area contributed by atoms with Crippen LogP contribution in [0.3, 0.4) is 0 Å². The average molecular weight is 158 g/mol. The van der Waals surface area contributed by atoms with E-state index in [4.69, 9.17) is 5.11 Å². The van der Waals surface area contributed by atoms with Crippen molar-refractivity contribution in [2.75, 3.05) is 6.61 Å². The Hall–Kier alpha value is -0.0800. The van der Waals surface area contributed by atoms with E-state index in [9.17, 15) is 5.11 Å². The molecule has 66 valence electrons. The highest BCUT2D eigenvalue weighted by Gasteiger charge is 2.30. The quantitative estimate of drug-likeness (QED) is 0.598. The summed E-state index contributed by atoms with van der Waals surface area (Å²) in [5, 5.41) is 18.5. The van der Waals surface area contributed by atoms with Gasteiger partial charge >= 0.3 is 0 Å². The molecule has 2 atom stereocenters. The molecule has 0 saturated heterocycles. The van der Waals surface area contributed by atoms with E-state index in [1.54, 1.807) is 0 Å². The molecule has 2 nitrogen and oxygen atoms in total. The van der Waals surface area contributed by atoms with Gasteiger partial charge in [-0.2, -0.15) is 0 Å². The van der Waals surface area contributed by atoms with Crippen molar-refractivity contribution in [3.63, 3.8) is 0 Å². The molecular weight excluding hydrogens is 140 g/mol. The molecule has 0 heterocycles. The van der Waals surface area contributed by atoms with Gasteiger partial charge in [-0.25, -0.2) is 0 Å². The lowest BCUT2D eigenvalue weighted by molar-refractivity contribution is -0.000847. The molecule has 0 aromatic rings. The lowest BCUT2D eigenvalue weighted by Gasteiger charge is -2.35. The number of rotatable bonds is 1. The van der Waals surface area contributed by atoms with Gasteiger partial charge in [-0.3, -0.25) is 0 Å². The van der Waals surface area contributed by atoms with Gasteiger partial charge < -0.3 is 10.2 Å². The second kappa shape index (κ2) is 3.55. The van der Waals surface area contributed by atoms with Gasteiger partial charge in [0.05, 0.1) is 6.10 Å². The van der Waals surface area contributed by atoms with Gasteiger partial charge in [-0.05, 0) is 30.6 Å². The molecule has 1 aliphatic carbocycles. The zero-order valence-electron chi connectivity index (χ0n) is 7.33. The molecule has 1 fully saturated rings. The molecule has 1 saturated carbocycles. The van der Waals surface area contributed by atoms with Crippen molar-refractivity contribution in [1.29, 1.82) is 0 Å². The van der Waals surface area contributed by atoms with Crippen LogP contribution in [-0.2, 0) is 0 Å². The lowest BCUT2D eigenvalue weighted by atomic mass is 9.75. The standard InChI is InChI=1S/C9H18O2/c1-6-3-8(5-10)4-7(2)9(6)11/h6-11H,3-5H2,1-2H3. The molecule has 0 aromatic carbocycles. The lowest BCUT2D eigenvalue weighted by Crippen LogP contribution is -2.35. The molecule has 11 heavy (non-hydrogen) atoms. The fourth-order valence-electron chi connectivity index (χ4n) is 2.14. The van der Waals surface area contributed by atoms with Gasteiger partial charge in [0.15, 0.2) is 0 Å². The van der Waals surface area contributed by atoms with E-state index in [1.807, 2.05) is 0 Å². The van der Waals surface area contributed by atoms with Crippen LogP contribution in [0.1, 0.15) is 26.7 Å². The zero-order chi connectivity index (χ0) is 8.43. The fourth-order valence-corrected chi connectivity index (χ4v) is 2.14. The molecule has 0 radical (unpaired) electrons. The number of hydrogen-bond donors (Lipinski definition) is 2. The maximum Gasteiger partial charge on any atom is 0.0591 e. The Kier molecular flexibility index (Phi) is 2.90. The van der Waals surface area contributed by atoms with Crippen LogP contribution in [0.4, 0.5) is 0 Å². The van der Waals surface area contributed by atoms with E-state index in [0.717, 1.165) is 12.8 Å². The Balaban J connectivity index is 2.47. The Morgan fingerprint density at radius 3 is 2.00 bits per heavy atom. The maximum absolute atomic E-state index is 9.58. The van der Waals surface area contributed by atoms with E-state index in [2.05, 4.69) is 13.8 Å². The van der Waals surface area contributed by atoms with Crippen LogP contribution in [-0.4, -0.2) is 22.9 Å². The smallest absolute Gasteiger partial charge is 0.0591 e. The van der Waals surface area contributed by atoms with Crippen LogP contribution in [0, 0.1) is 17.8 Å². The monoisotopic (exact) mass is 158 g/mol. The van der Waals surface area contributed by atoms with Crippen LogP contribution in [0.15, 0.2) is 0 Å². The molecule has 1 aliphatic rings. The number of aliphatic hydroxyl groups excluding tert-OH is 2. The zero-order valence-corrected chi connectivity index (χ0v) is 7.33. The second-order valence-corrected chi connectivity index (χ2v) is 3.97. The summed E-state index contributed by atoms with van der Waals surface area (Å²) in [5.74, 6) is 1.13. The maximum atomic E-state index is 9.58. The van der Waals surface area contributed by atoms with Gasteiger partial charge in [0, 0.05) is 6.61 Å². The highest BCUT2D eigenvalue weighted by atomic mass is 16.3. The molecule has 2 unspecified atom stereocenters. The number of hydrogen-bond acceptors (Lipinski definition) is 2. The molecule has 2 N–H and O–H groups in total. The van der Waals surface area contributed by atoms with Crippen LogP contribution in [0.2, 0.25) is 0 Å². The predicted octanol–water partition coefficient (Wildman–Crippen LogP) is 1.02. The van der Waals surface area contributed by atoms with Crippen molar-refractivity contribution in [3.8, 4) is 0 Å². The average Bonchev–Trinajstić information content (AvgIpc) is 1.99. The fraction of sp³-hybridized carbons (Fsp3) is 1.00. The third kappa shape index (κ3) is 1.94. The van der Waals surface area contributed by atoms with Crippen LogP contribution in [0.25, 0.3) is 0 Å². The first-order valence-electron chi connectivity index (χ1n) is 4.44. The topological polar surface area (TPSA) is 40.5 Å². The number of aliphatic hydroxyl groups is 2. The van der Waals surface area contributed by atoms with Crippen molar-refractivity contribution in [1.82, 2.24) is 0 Å². The van der Waals surface area contributed by atoms with E-state index in [-0.39, 0.29) is 12.7 Å². The van der Waals surface area contributed by atoms with E-state index in [1.165, 1.54) is 0 Å². The molecule has 0 amide bonds. The second-order valence-electron chi connectivity index (χ2n) is 3.97. The Morgan fingerprint density at radius 1 is 1.18 bits per heavy atom. The molecular formula is C9H18O2. The minimum absolute atomic E-state index is 0.155. The van der Waals surface area contributed by atoms with Crippen LogP contribution >= 0.6 is 0 Å². The van der Waals surface area contributed by atoms with Crippen LogP contribution in [0.5, 0.6) is 0 Å². The van der Waals surface area contributed by atoms with Crippen molar-refractivity contribution >= 4 is 0 Å². The summed E-state index contributed by atoms with van der Waals surface area (Å²) < 4.78 is 0. The molecule has 0 aromatic heterocycles. The predicted molar refractivity (Wildman–Crippen MR) is 44.1 cm³/mol. The molecule has 0 aliphatic heterocycles. The van der Waals surface area contributed by atoms with Crippen molar-refractivity contribution in [2.45, 2.75) is 32.8 Å². The first-order valence-corrected chi connectivity index (χ1v) is 4.44.